The maximum atomic E-state index is 12.2. The van der Waals surface area contributed by atoms with Crippen LogP contribution in [-0.4, -0.2) is 48.9 Å². The van der Waals surface area contributed by atoms with E-state index in [-0.39, 0.29) is 5.91 Å². The fraction of sp³-hybridized carbons (Fsp3) is 0.500. The second-order valence-corrected chi connectivity index (χ2v) is 5.45. The molecule has 1 aromatic rings. The van der Waals surface area contributed by atoms with Gasteiger partial charge in [-0.05, 0) is 18.9 Å². The zero-order valence-electron chi connectivity index (χ0n) is 13.4. The van der Waals surface area contributed by atoms with E-state index < -0.39 is 24.3 Å². The van der Waals surface area contributed by atoms with Gasteiger partial charge in [0, 0.05) is 13.5 Å². The Morgan fingerprint density at radius 1 is 1.43 bits per heavy atom. The summed E-state index contributed by atoms with van der Waals surface area (Å²) in [6, 6.07) is 8.91. The first-order chi connectivity index (χ1) is 11.0. The molecule has 1 saturated heterocycles. The topological polar surface area (TPSA) is 93.9 Å². The molecule has 1 amide bonds. The van der Waals surface area contributed by atoms with Gasteiger partial charge < -0.3 is 15.8 Å². The second kappa shape index (κ2) is 8.05. The molecule has 0 unspecified atom stereocenters. The van der Waals surface area contributed by atoms with E-state index in [1.165, 1.54) is 5.06 Å². The van der Waals surface area contributed by atoms with Crippen LogP contribution in [0.2, 0.25) is 0 Å². The molecule has 1 aliphatic heterocycles. The van der Waals surface area contributed by atoms with Crippen molar-refractivity contribution in [2.45, 2.75) is 38.1 Å². The zero-order valence-corrected chi connectivity index (χ0v) is 13.4. The van der Waals surface area contributed by atoms with Crippen molar-refractivity contribution < 1.29 is 19.2 Å². The molecule has 1 aromatic carbocycles. The summed E-state index contributed by atoms with van der Waals surface area (Å²) in [5.74, 6) is -0.705. The average Bonchev–Trinajstić information content (AvgIpc) is 2.89. The first kappa shape index (κ1) is 17.4. The standard InChI is InChI=1S/C16H23N3O4/c1-3-22-16(21)13-10-14(19(2)23-13)18-15(20)12(17)9-11-7-5-4-6-8-11/h4-8,12-14H,3,9-10,17H2,1-2H3,(H,18,20)/t12-,13+,14-/m0/s1. The Balaban J connectivity index is 1.86. The van der Waals surface area contributed by atoms with Crippen molar-refractivity contribution in [2.24, 2.45) is 5.73 Å². The Kier molecular flexibility index (Phi) is 6.09. The van der Waals surface area contributed by atoms with Gasteiger partial charge in [-0.2, -0.15) is 5.06 Å². The number of ether oxygens (including phenoxy) is 1. The molecule has 0 radical (unpaired) electrons. The minimum absolute atomic E-state index is 0.279. The van der Waals surface area contributed by atoms with Gasteiger partial charge in [0.05, 0.1) is 12.6 Å². The van der Waals surface area contributed by atoms with Crippen molar-refractivity contribution in [1.82, 2.24) is 10.4 Å². The fourth-order valence-electron chi connectivity index (χ4n) is 2.42. The van der Waals surface area contributed by atoms with Crippen LogP contribution < -0.4 is 11.1 Å². The molecule has 1 fully saturated rings. The first-order valence-electron chi connectivity index (χ1n) is 7.67. The van der Waals surface area contributed by atoms with Crippen molar-refractivity contribution in [2.75, 3.05) is 13.7 Å². The zero-order chi connectivity index (χ0) is 16.8. The van der Waals surface area contributed by atoms with Crippen LogP contribution >= 0.6 is 0 Å². The van der Waals surface area contributed by atoms with E-state index in [1.54, 1.807) is 14.0 Å². The van der Waals surface area contributed by atoms with E-state index in [4.69, 9.17) is 15.3 Å². The Hall–Kier alpha value is -1.96. The number of nitrogens with zero attached hydrogens (tertiary/aromatic N) is 1. The Morgan fingerprint density at radius 2 is 2.13 bits per heavy atom. The molecule has 0 aliphatic carbocycles. The number of nitrogens with two attached hydrogens (primary N) is 1. The molecule has 0 bridgehead atoms. The lowest BCUT2D eigenvalue weighted by molar-refractivity contribution is -0.182. The lowest BCUT2D eigenvalue weighted by Gasteiger charge is -2.21. The summed E-state index contributed by atoms with van der Waals surface area (Å²) in [6.07, 6.45) is -0.320. The molecule has 2 rings (SSSR count). The number of amides is 1. The van der Waals surface area contributed by atoms with Gasteiger partial charge in [0.25, 0.3) is 0 Å². The quantitative estimate of drug-likeness (QED) is 0.727. The number of esters is 1. The number of nitrogens with one attached hydrogen (secondary N) is 1. The Labute approximate surface area is 135 Å². The molecule has 0 aromatic heterocycles. The van der Waals surface area contributed by atoms with Gasteiger partial charge >= 0.3 is 5.97 Å². The van der Waals surface area contributed by atoms with Crippen LogP contribution in [0, 0.1) is 0 Å². The third kappa shape index (κ3) is 4.75. The molecule has 0 spiro atoms. The normalized spacial score (nSPS) is 22.6. The third-order valence-electron chi connectivity index (χ3n) is 3.66. The summed E-state index contributed by atoms with van der Waals surface area (Å²) < 4.78 is 4.93. The fourth-order valence-corrected chi connectivity index (χ4v) is 2.42. The summed E-state index contributed by atoms with van der Waals surface area (Å²) in [6.45, 7) is 2.03. The highest BCUT2D eigenvalue weighted by atomic mass is 16.7. The van der Waals surface area contributed by atoms with Crippen LogP contribution in [0.25, 0.3) is 0 Å². The summed E-state index contributed by atoms with van der Waals surface area (Å²) in [5, 5.41) is 4.26. The van der Waals surface area contributed by atoms with Gasteiger partial charge in [-0.1, -0.05) is 30.3 Å². The minimum Gasteiger partial charge on any atom is -0.464 e. The highest BCUT2D eigenvalue weighted by Crippen LogP contribution is 2.18. The predicted molar refractivity (Wildman–Crippen MR) is 83.9 cm³/mol. The lowest BCUT2D eigenvalue weighted by Crippen LogP contribution is -2.49. The van der Waals surface area contributed by atoms with Gasteiger partial charge in [0.2, 0.25) is 5.91 Å². The van der Waals surface area contributed by atoms with E-state index >= 15 is 0 Å². The predicted octanol–water partition coefficient (Wildman–Crippen LogP) is 0.198. The number of hydroxylamine groups is 2. The van der Waals surface area contributed by atoms with E-state index in [0.717, 1.165) is 5.56 Å². The molecule has 1 heterocycles. The van der Waals surface area contributed by atoms with Crippen molar-refractivity contribution in [3.63, 3.8) is 0 Å². The lowest BCUT2D eigenvalue weighted by atomic mass is 10.1. The number of rotatable bonds is 6. The number of hydrogen-bond acceptors (Lipinski definition) is 6. The molecule has 7 heteroatoms. The first-order valence-corrected chi connectivity index (χ1v) is 7.67. The second-order valence-electron chi connectivity index (χ2n) is 5.45. The minimum atomic E-state index is -0.699. The average molecular weight is 321 g/mol. The summed E-state index contributed by atoms with van der Waals surface area (Å²) in [7, 11) is 1.66. The number of carbonyl (C=O) groups is 2. The number of benzene rings is 1. The van der Waals surface area contributed by atoms with Crippen molar-refractivity contribution in [1.29, 1.82) is 0 Å². The third-order valence-corrected chi connectivity index (χ3v) is 3.66. The van der Waals surface area contributed by atoms with Crippen LogP contribution in [0.4, 0.5) is 0 Å². The molecule has 0 saturated carbocycles. The molecule has 23 heavy (non-hydrogen) atoms. The van der Waals surface area contributed by atoms with Crippen molar-refractivity contribution >= 4 is 11.9 Å². The molecule has 7 nitrogen and oxygen atoms in total. The molecule has 1 aliphatic rings. The van der Waals surface area contributed by atoms with Gasteiger partial charge in [-0.3, -0.25) is 9.63 Å². The largest absolute Gasteiger partial charge is 0.464 e. The van der Waals surface area contributed by atoms with E-state index in [2.05, 4.69) is 5.32 Å². The summed E-state index contributed by atoms with van der Waals surface area (Å²) in [5.41, 5.74) is 6.95. The SMILES string of the molecule is CCOC(=O)[C@H]1C[C@@H](NC(=O)[C@@H](N)Cc2ccccc2)N(C)O1. The molecule has 3 atom stereocenters. The molecule has 126 valence electrons. The van der Waals surface area contributed by atoms with Gasteiger partial charge in [-0.25, -0.2) is 4.79 Å². The Bertz CT molecular complexity index is 537. The van der Waals surface area contributed by atoms with Gasteiger partial charge in [-0.15, -0.1) is 0 Å². The smallest absolute Gasteiger partial charge is 0.337 e. The van der Waals surface area contributed by atoms with Gasteiger partial charge in [0.15, 0.2) is 6.10 Å². The summed E-state index contributed by atoms with van der Waals surface area (Å²) in [4.78, 5) is 29.3. The highest BCUT2D eigenvalue weighted by molar-refractivity contribution is 5.82. The highest BCUT2D eigenvalue weighted by Gasteiger charge is 2.37. The molecular formula is C16H23N3O4. The maximum absolute atomic E-state index is 12.2. The molecular weight excluding hydrogens is 298 g/mol. The van der Waals surface area contributed by atoms with E-state index in [9.17, 15) is 9.59 Å². The van der Waals surface area contributed by atoms with Crippen LogP contribution in [0.5, 0.6) is 0 Å². The molecule has 3 N–H and O–H groups in total. The summed E-state index contributed by atoms with van der Waals surface area (Å²) >= 11 is 0. The van der Waals surface area contributed by atoms with Crippen molar-refractivity contribution in [3.05, 3.63) is 35.9 Å². The number of carbonyl (C=O) groups excluding carboxylic acids is 2. The van der Waals surface area contributed by atoms with Crippen LogP contribution in [0.3, 0.4) is 0 Å². The maximum Gasteiger partial charge on any atom is 0.337 e. The van der Waals surface area contributed by atoms with E-state index in [1.807, 2.05) is 30.3 Å². The van der Waals surface area contributed by atoms with Crippen LogP contribution in [-0.2, 0) is 25.6 Å². The van der Waals surface area contributed by atoms with Gasteiger partial charge in [0.1, 0.15) is 6.17 Å². The number of hydrogen-bond donors (Lipinski definition) is 2. The van der Waals surface area contributed by atoms with Crippen molar-refractivity contribution in [3.8, 4) is 0 Å². The van der Waals surface area contributed by atoms with E-state index in [0.29, 0.717) is 19.4 Å². The Morgan fingerprint density at radius 3 is 2.78 bits per heavy atom. The monoisotopic (exact) mass is 321 g/mol. The van der Waals surface area contributed by atoms with Crippen LogP contribution in [0.15, 0.2) is 30.3 Å². The van der Waals surface area contributed by atoms with Crippen LogP contribution in [0.1, 0.15) is 18.9 Å².